The highest BCUT2D eigenvalue weighted by molar-refractivity contribution is 6.34. The molecule has 2 unspecified atom stereocenters. The van der Waals surface area contributed by atoms with Crippen LogP contribution >= 0.6 is 11.6 Å². The summed E-state index contributed by atoms with van der Waals surface area (Å²) >= 11 is 6.82. The number of ether oxygens (including phenoxy) is 3. The van der Waals surface area contributed by atoms with Gasteiger partial charge in [-0.15, -0.1) is 0 Å². The van der Waals surface area contributed by atoms with E-state index in [1.54, 1.807) is 7.05 Å². The predicted octanol–water partition coefficient (Wildman–Crippen LogP) is 8.69. The fourth-order valence-electron chi connectivity index (χ4n) is 12.5. The van der Waals surface area contributed by atoms with Crippen molar-refractivity contribution in [1.82, 2.24) is 35.5 Å². The summed E-state index contributed by atoms with van der Waals surface area (Å²) in [5, 5.41) is 12.7. The Morgan fingerprint density at radius 3 is 2.28 bits per heavy atom. The van der Waals surface area contributed by atoms with Crippen molar-refractivity contribution in [3.8, 4) is 22.6 Å². The van der Waals surface area contributed by atoms with Crippen molar-refractivity contribution in [3.63, 3.8) is 0 Å². The Balaban J connectivity index is 0.763. The summed E-state index contributed by atoms with van der Waals surface area (Å²) in [7, 11) is 4.48. The lowest BCUT2D eigenvalue weighted by Crippen LogP contribution is -2.51. The van der Waals surface area contributed by atoms with Crippen molar-refractivity contribution in [2.75, 3.05) is 71.5 Å². The number of carbonyl (C=O) groups excluding carboxylic acids is 4. The summed E-state index contributed by atoms with van der Waals surface area (Å²) in [4.78, 5) is 57.3. The van der Waals surface area contributed by atoms with Crippen LogP contribution in [0.1, 0.15) is 104 Å². The summed E-state index contributed by atoms with van der Waals surface area (Å²) in [6, 6.07) is 14.5. The molecule has 4 aliphatic heterocycles. The molecule has 2 atom stereocenters. The minimum atomic E-state index is -1.11. The Kier molecular flexibility index (Phi) is 15.4. The molecule has 5 aromatic rings. The largest absolute Gasteiger partial charge is 0.488 e. The minimum Gasteiger partial charge on any atom is -0.488 e. The molecule has 5 amide bonds. The van der Waals surface area contributed by atoms with E-state index in [-0.39, 0.29) is 112 Å². The van der Waals surface area contributed by atoms with Crippen molar-refractivity contribution in [3.05, 3.63) is 105 Å². The normalized spacial score (nSPS) is 22.7. The van der Waals surface area contributed by atoms with Gasteiger partial charge < -0.3 is 34.6 Å². The number of urea groups is 1. The Morgan fingerprint density at radius 1 is 0.868 bits per heavy atom. The van der Waals surface area contributed by atoms with Gasteiger partial charge in [-0.05, 0) is 94.1 Å². The highest BCUT2D eigenvalue weighted by Crippen LogP contribution is 2.57. The first kappa shape index (κ1) is 53.1. The van der Waals surface area contributed by atoms with Crippen molar-refractivity contribution in [2.24, 2.45) is 13.0 Å². The second kappa shape index (κ2) is 22.0. The third kappa shape index (κ3) is 9.76. The van der Waals surface area contributed by atoms with Crippen molar-refractivity contribution >= 4 is 52.1 Å². The first-order valence-electron chi connectivity index (χ1n) is 26.3. The number of anilines is 1. The number of nitrogens with zero attached hydrogens (tertiary/aromatic N) is 5. The second-order valence-electron chi connectivity index (χ2n) is 20.7. The fourth-order valence-corrected chi connectivity index (χ4v) is 12.7. The van der Waals surface area contributed by atoms with E-state index in [1.165, 1.54) is 48.0 Å². The molecule has 10 rings (SSSR count). The van der Waals surface area contributed by atoms with E-state index >= 15 is 17.6 Å². The van der Waals surface area contributed by atoms with Gasteiger partial charge in [-0.25, -0.2) is 22.4 Å². The first-order valence-corrected chi connectivity index (χ1v) is 26.7. The maximum absolute atomic E-state index is 16.8. The summed E-state index contributed by atoms with van der Waals surface area (Å²) in [6.07, 6.45) is 5.67. The summed E-state index contributed by atoms with van der Waals surface area (Å²) in [5.41, 5.74) is 0.0444. The van der Waals surface area contributed by atoms with Crippen LogP contribution in [-0.4, -0.2) is 122 Å². The van der Waals surface area contributed by atoms with Gasteiger partial charge in [-0.2, -0.15) is 5.10 Å². The molecule has 1 saturated carbocycles. The molecule has 404 valence electrons. The molecule has 15 nitrogen and oxygen atoms in total. The monoisotopic (exact) mass is 1070 g/mol. The average Bonchev–Trinajstić information content (AvgIpc) is 4.01. The zero-order valence-corrected chi connectivity index (χ0v) is 43.8. The van der Waals surface area contributed by atoms with Crippen molar-refractivity contribution in [1.29, 1.82) is 0 Å². The van der Waals surface area contributed by atoms with Crippen LogP contribution in [0, 0.1) is 29.2 Å². The Labute approximate surface area is 443 Å². The Hall–Kier alpha value is -6.28. The highest BCUT2D eigenvalue weighted by Gasteiger charge is 2.50. The number of aromatic nitrogens is 2. The zero-order chi connectivity index (χ0) is 53.6. The number of halogens is 5. The number of amides is 5. The number of rotatable bonds is 14. The van der Waals surface area contributed by atoms with Gasteiger partial charge in [0, 0.05) is 106 Å². The molecular formula is C56H63ClF4N8O7. The molecule has 5 aliphatic rings. The third-order valence-electron chi connectivity index (χ3n) is 16.6. The molecular weight excluding hydrogens is 1010 g/mol. The third-order valence-corrected chi connectivity index (χ3v) is 17.0. The molecule has 0 spiro atoms. The maximum Gasteiger partial charge on any atom is 0.329 e. The molecule has 0 bridgehead atoms. The number of benzene rings is 4. The first-order chi connectivity index (χ1) is 36.6. The molecule has 76 heavy (non-hydrogen) atoms. The highest BCUT2D eigenvalue weighted by atomic mass is 35.5. The van der Waals surface area contributed by atoms with E-state index in [0.29, 0.717) is 64.0 Å². The van der Waals surface area contributed by atoms with Crippen LogP contribution in [0.25, 0.3) is 22.0 Å². The quantitative estimate of drug-likeness (QED) is 0.0726. The SMILES string of the molecule is CNC(=O)c1ccc(OCCOC)c(F)c1-c1c(Cl)c(F)cc2c1C(C)C(CNC1CCC(C(=O)N3CCC(N4CCC(c5c(F)cc6c(N7CCC(=O)NC7=O)nn(C)c6c5F)CC4)CC3)CC1)(c1ccccc1)O2. The standard InChI is InChI=1S/C56H63ClF4N8O7/c1-31-44-42(29-40(59)48(57)47(44)46-37(53(71)62-2)14-15-41(49(46)60)75-27-26-74-4)76-56(31,34-8-6-5-7-9-34)30-63-35-12-10-33(11-13-35)54(72)68-23-18-36(19-24-68)67-21-16-32(17-22-67)45-39(58)28-38-51(50(45)61)66(3)65-52(38)69-25-20-43(70)64-55(69)73/h5-9,14-15,28-29,31-33,35-36,63H,10-13,16-27,30H2,1-4H3,(H,62,71)(H,64,70,73). The Bertz CT molecular complexity index is 3050. The van der Waals surface area contributed by atoms with Gasteiger partial charge in [0.2, 0.25) is 11.8 Å². The molecule has 4 aromatic carbocycles. The molecule has 1 aliphatic carbocycles. The smallest absolute Gasteiger partial charge is 0.329 e. The van der Waals surface area contributed by atoms with Crippen molar-refractivity contribution in [2.45, 2.75) is 94.2 Å². The summed E-state index contributed by atoms with van der Waals surface area (Å²) in [6.45, 7) is 5.10. The maximum atomic E-state index is 16.8. The Morgan fingerprint density at radius 2 is 1.59 bits per heavy atom. The number of methoxy groups -OCH3 is 1. The number of hydrogen-bond acceptors (Lipinski definition) is 10. The van der Waals surface area contributed by atoms with E-state index in [9.17, 15) is 19.2 Å². The van der Waals surface area contributed by atoms with Crippen LogP contribution in [0.3, 0.4) is 0 Å². The van der Waals surface area contributed by atoms with Gasteiger partial charge in [-0.1, -0.05) is 48.9 Å². The van der Waals surface area contributed by atoms with Gasteiger partial charge in [-0.3, -0.25) is 29.3 Å². The van der Waals surface area contributed by atoms with E-state index in [0.717, 1.165) is 31.2 Å². The number of likely N-dealkylation sites (tertiary alicyclic amines) is 2. The van der Waals surface area contributed by atoms with Crippen LogP contribution in [0.4, 0.5) is 28.2 Å². The molecule has 3 saturated heterocycles. The number of carbonyl (C=O) groups is 4. The lowest BCUT2D eigenvalue weighted by molar-refractivity contribution is -0.138. The molecule has 4 fully saturated rings. The topological polar surface area (TPSA) is 160 Å². The number of hydrogen-bond donors (Lipinski definition) is 3. The van der Waals surface area contributed by atoms with Crippen molar-refractivity contribution < 1.29 is 51.0 Å². The molecule has 5 heterocycles. The van der Waals surface area contributed by atoms with Gasteiger partial charge in [0.15, 0.2) is 28.8 Å². The van der Waals surface area contributed by atoms with Gasteiger partial charge in [0.05, 0.1) is 22.6 Å². The van der Waals surface area contributed by atoms with Crippen LogP contribution in [0.15, 0.2) is 54.6 Å². The van der Waals surface area contributed by atoms with Crippen LogP contribution in [-0.2, 0) is 27.0 Å². The fraction of sp³-hybridized carbons (Fsp3) is 0.482. The molecule has 1 aromatic heterocycles. The number of piperidine rings is 2. The van der Waals surface area contributed by atoms with Crippen LogP contribution < -0.4 is 30.3 Å². The number of imide groups is 1. The second-order valence-corrected chi connectivity index (χ2v) is 21.1. The minimum absolute atomic E-state index is 0.0101. The lowest BCUT2D eigenvalue weighted by atomic mass is 9.77. The lowest BCUT2D eigenvalue weighted by Gasteiger charge is -2.43. The van der Waals surface area contributed by atoms with Gasteiger partial charge in [0.25, 0.3) is 5.91 Å². The van der Waals surface area contributed by atoms with Gasteiger partial charge in [0.1, 0.15) is 29.5 Å². The number of fused-ring (bicyclic) bond motifs is 2. The number of aryl methyl sites for hydroxylation is 1. The van der Waals surface area contributed by atoms with Gasteiger partial charge >= 0.3 is 6.03 Å². The van der Waals surface area contributed by atoms with Crippen LogP contribution in [0.5, 0.6) is 11.5 Å². The molecule has 3 N–H and O–H groups in total. The summed E-state index contributed by atoms with van der Waals surface area (Å²) in [5.74, 6) is -4.79. The molecule has 0 radical (unpaired) electrons. The van der Waals surface area contributed by atoms with E-state index in [2.05, 4.69) is 25.9 Å². The van der Waals surface area contributed by atoms with E-state index in [4.69, 9.17) is 25.8 Å². The summed E-state index contributed by atoms with van der Waals surface area (Å²) < 4.78 is 84.0. The van der Waals surface area contributed by atoms with E-state index in [1.807, 2.05) is 42.2 Å². The zero-order valence-electron chi connectivity index (χ0n) is 43.1. The number of nitrogens with one attached hydrogen (secondary N) is 3. The van der Waals surface area contributed by atoms with Crippen LogP contribution in [0.2, 0.25) is 5.02 Å². The van der Waals surface area contributed by atoms with E-state index < -0.39 is 52.6 Å². The average molecular weight is 1070 g/mol. The molecule has 20 heteroatoms. The predicted molar refractivity (Wildman–Crippen MR) is 278 cm³/mol.